The van der Waals surface area contributed by atoms with E-state index < -0.39 is 8.25 Å². The van der Waals surface area contributed by atoms with Crippen LogP contribution in [-0.2, 0) is 4.57 Å². The highest BCUT2D eigenvalue weighted by Gasteiger charge is 1.79. The normalized spacial score (nSPS) is 8.50. The minimum Gasteiger partial charge on any atom is -0.598 e. The molecule has 2 N–H and O–H groups in total. The van der Waals surface area contributed by atoms with Crippen molar-refractivity contribution in [1.82, 2.24) is 0 Å². The monoisotopic (exact) mass is 251 g/mol. The van der Waals surface area contributed by atoms with Gasteiger partial charge < -0.3 is 19.6 Å². The molecular weight excluding hydrogens is 227 g/mol. The summed E-state index contributed by atoms with van der Waals surface area (Å²) in [6, 6.07) is 0. The molecule has 96 valence electrons. The Hall–Kier alpha value is -0.580. The number of hydrogen-bond acceptors (Lipinski definition) is 3. The van der Waals surface area contributed by atoms with Gasteiger partial charge in [-0.2, -0.15) is 0 Å². The molecular formula is C10H24N2O3P+. The molecule has 6 heteroatoms. The SMILES string of the molecule is C=CC[NH+](C)C.C=CC[NH+](C)C.O=[P+]([O-])[O-]. The van der Waals surface area contributed by atoms with Crippen LogP contribution in [0.1, 0.15) is 0 Å². The Bertz CT molecular complexity index is 167. The van der Waals surface area contributed by atoms with Crippen LogP contribution in [0.25, 0.3) is 0 Å². The molecule has 5 nitrogen and oxygen atoms in total. The van der Waals surface area contributed by atoms with Crippen molar-refractivity contribution in [2.45, 2.75) is 0 Å². The zero-order valence-electron chi connectivity index (χ0n) is 10.7. The summed E-state index contributed by atoms with van der Waals surface area (Å²) in [6.07, 6.45) is 3.82. The maximum atomic E-state index is 8.48. The van der Waals surface area contributed by atoms with E-state index in [9.17, 15) is 0 Å². The Morgan fingerprint density at radius 2 is 1.19 bits per heavy atom. The first-order valence-electron chi connectivity index (χ1n) is 4.89. The van der Waals surface area contributed by atoms with Crippen LogP contribution in [0.4, 0.5) is 0 Å². The Morgan fingerprint density at radius 3 is 1.19 bits per heavy atom. The maximum absolute atomic E-state index is 8.48. The molecule has 0 saturated carbocycles. The number of rotatable bonds is 4. The van der Waals surface area contributed by atoms with E-state index in [0.29, 0.717) is 0 Å². The van der Waals surface area contributed by atoms with E-state index in [4.69, 9.17) is 14.4 Å². The first kappa shape index (κ1) is 20.8. The molecule has 0 unspecified atom stereocenters. The van der Waals surface area contributed by atoms with E-state index in [1.807, 2.05) is 12.2 Å². The summed E-state index contributed by atoms with van der Waals surface area (Å²) in [6.45, 7) is 9.27. The summed E-state index contributed by atoms with van der Waals surface area (Å²) >= 11 is 0. The molecule has 0 spiro atoms. The second-order valence-electron chi connectivity index (χ2n) is 3.62. The highest BCUT2D eigenvalue weighted by molar-refractivity contribution is 7.27. The lowest BCUT2D eigenvalue weighted by Crippen LogP contribution is -3.05. The Morgan fingerprint density at radius 1 is 1.00 bits per heavy atom. The zero-order valence-corrected chi connectivity index (χ0v) is 11.5. The van der Waals surface area contributed by atoms with Crippen LogP contribution in [0.3, 0.4) is 0 Å². The smallest absolute Gasteiger partial charge is 0.276 e. The van der Waals surface area contributed by atoms with Gasteiger partial charge in [-0.25, -0.2) is 0 Å². The second-order valence-corrected chi connectivity index (χ2v) is 4.07. The highest BCUT2D eigenvalue weighted by atomic mass is 31.1. The topological polar surface area (TPSA) is 72.1 Å². The van der Waals surface area contributed by atoms with Crippen LogP contribution >= 0.6 is 8.25 Å². The van der Waals surface area contributed by atoms with E-state index >= 15 is 0 Å². The summed E-state index contributed by atoms with van der Waals surface area (Å²) in [5, 5.41) is 0. The lowest BCUT2D eigenvalue weighted by molar-refractivity contribution is -0.851. The Kier molecular flexibility index (Phi) is 21.9. The van der Waals surface area contributed by atoms with Gasteiger partial charge in [0, 0.05) is 0 Å². The van der Waals surface area contributed by atoms with Crippen LogP contribution in [0, 0.1) is 0 Å². The molecule has 0 aliphatic rings. The number of quaternary nitrogens is 2. The fourth-order valence-electron chi connectivity index (χ4n) is 0.577. The van der Waals surface area contributed by atoms with Gasteiger partial charge >= 0.3 is 0 Å². The van der Waals surface area contributed by atoms with E-state index in [1.165, 1.54) is 9.80 Å². The van der Waals surface area contributed by atoms with Crippen LogP contribution < -0.4 is 19.6 Å². The first-order chi connectivity index (χ1) is 7.27. The Labute approximate surface area is 99.6 Å². The molecule has 0 heterocycles. The molecule has 0 radical (unpaired) electrons. The molecule has 0 rings (SSSR count). The average molecular weight is 251 g/mol. The number of hydrogen-bond donors (Lipinski definition) is 2. The van der Waals surface area contributed by atoms with Crippen LogP contribution in [0.2, 0.25) is 0 Å². The van der Waals surface area contributed by atoms with Crippen LogP contribution in [0.15, 0.2) is 25.3 Å². The quantitative estimate of drug-likeness (QED) is 0.413. The third kappa shape index (κ3) is 70.5. The predicted molar refractivity (Wildman–Crippen MR) is 63.4 cm³/mol. The van der Waals surface area contributed by atoms with E-state index in [1.54, 1.807) is 0 Å². The minimum absolute atomic E-state index is 1.06. The fourth-order valence-corrected chi connectivity index (χ4v) is 0.577. The van der Waals surface area contributed by atoms with Gasteiger partial charge in [-0.3, -0.25) is 0 Å². The van der Waals surface area contributed by atoms with Crippen LogP contribution in [-0.4, -0.2) is 41.3 Å². The van der Waals surface area contributed by atoms with Gasteiger partial charge in [0.2, 0.25) is 0 Å². The van der Waals surface area contributed by atoms with Crippen molar-refractivity contribution >= 4 is 8.25 Å². The van der Waals surface area contributed by atoms with Gasteiger partial charge in [-0.1, -0.05) is 17.7 Å². The molecule has 0 atom stereocenters. The van der Waals surface area contributed by atoms with Gasteiger partial charge in [0.15, 0.2) is 0 Å². The van der Waals surface area contributed by atoms with Crippen molar-refractivity contribution in [3.05, 3.63) is 25.3 Å². The van der Waals surface area contributed by atoms with Gasteiger partial charge in [-0.05, 0) is 12.2 Å². The van der Waals surface area contributed by atoms with Gasteiger partial charge in [0.05, 0.1) is 41.3 Å². The minimum atomic E-state index is -3.37. The molecule has 0 aliphatic carbocycles. The molecule has 0 aromatic rings. The van der Waals surface area contributed by atoms with E-state index in [-0.39, 0.29) is 0 Å². The summed E-state index contributed by atoms with van der Waals surface area (Å²) in [5.41, 5.74) is 0. The van der Waals surface area contributed by atoms with Gasteiger partial charge in [-0.15, -0.1) is 0 Å². The summed E-state index contributed by atoms with van der Waals surface area (Å²) in [5.74, 6) is 0. The third-order valence-electron chi connectivity index (χ3n) is 1.11. The molecule has 0 aromatic carbocycles. The lowest BCUT2D eigenvalue weighted by Gasteiger charge is -1.98. The Balaban J connectivity index is -0.000000162. The second kappa shape index (κ2) is 16.8. The highest BCUT2D eigenvalue weighted by Crippen LogP contribution is 1.79. The largest absolute Gasteiger partial charge is 0.598 e. The van der Waals surface area contributed by atoms with Crippen molar-refractivity contribution in [2.75, 3.05) is 41.3 Å². The molecule has 0 bridgehead atoms. The molecule has 16 heavy (non-hydrogen) atoms. The van der Waals surface area contributed by atoms with Crippen molar-refractivity contribution in [2.24, 2.45) is 0 Å². The van der Waals surface area contributed by atoms with Crippen molar-refractivity contribution in [1.29, 1.82) is 0 Å². The maximum Gasteiger partial charge on any atom is 0.276 e. The van der Waals surface area contributed by atoms with Crippen molar-refractivity contribution in [3.8, 4) is 0 Å². The molecule has 0 saturated heterocycles. The molecule has 0 fully saturated rings. The standard InChI is InChI=1S/2C5H11N.HO3P/c2*1-4-5-6(2)3;1-4(2)3/h2*4H,1,5H2,2-3H3;(H,1,2,3)/p+1. The van der Waals surface area contributed by atoms with Crippen LogP contribution in [0.5, 0.6) is 0 Å². The summed E-state index contributed by atoms with van der Waals surface area (Å²) in [4.78, 5) is 19.8. The summed E-state index contributed by atoms with van der Waals surface area (Å²) in [7, 11) is 5.03. The summed E-state index contributed by atoms with van der Waals surface area (Å²) < 4.78 is 8.48. The van der Waals surface area contributed by atoms with Crippen molar-refractivity contribution in [3.63, 3.8) is 0 Å². The first-order valence-corrected chi connectivity index (χ1v) is 5.98. The fraction of sp³-hybridized carbons (Fsp3) is 0.600. The van der Waals surface area contributed by atoms with Gasteiger partial charge in [0.25, 0.3) is 8.25 Å². The van der Waals surface area contributed by atoms with Crippen molar-refractivity contribution < 1.29 is 24.2 Å². The predicted octanol–water partition coefficient (Wildman–Crippen LogP) is -3.00. The number of nitrogens with one attached hydrogen (secondary N) is 2. The lowest BCUT2D eigenvalue weighted by atomic mass is 10.6. The third-order valence-corrected chi connectivity index (χ3v) is 1.11. The zero-order chi connectivity index (χ0) is 13.6. The van der Waals surface area contributed by atoms with Gasteiger partial charge in [0.1, 0.15) is 0 Å². The molecule has 0 aromatic heterocycles. The number of likely N-dealkylation sites (N-methyl/N-ethyl adjacent to an activating group) is 2. The molecule has 0 amide bonds. The van der Waals surface area contributed by atoms with E-state index in [0.717, 1.165) is 13.1 Å². The molecule has 0 aliphatic heterocycles. The average Bonchev–Trinajstić information content (AvgIpc) is 2.02. The van der Waals surface area contributed by atoms with E-state index in [2.05, 4.69) is 41.3 Å².